The van der Waals surface area contributed by atoms with Crippen molar-refractivity contribution in [2.75, 3.05) is 21.9 Å². The standard InChI is InChI=1S/C21H26N2O3S/c1-15(2)20(17-10-8-16(3)9-11-17)21(24)22-18-6-4-7-19(14-18)23-12-5-13-27(23,25)26/h4,6-11,14-15,20H,5,12-13H2,1-3H3,(H,22,24). The second kappa shape index (κ2) is 7.72. The third-order valence-corrected chi connectivity index (χ3v) is 6.76. The molecule has 1 fully saturated rings. The molecule has 0 spiro atoms. The van der Waals surface area contributed by atoms with Crippen molar-refractivity contribution in [3.8, 4) is 0 Å². The minimum absolute atomic E-state index is 0.0877. The number of nitrogens with zero attached hydrogens (tertiary/aromatic N) is 1. The first kappa shape index (κ1) is 19.4. The third-order valence-electron chi connectivity index (χ3n) is 4.89. The summed E-state index contributed by atoms with van der Waals surface area (Å²) in [4.78, 5) is 13.0. The number of aryl methyl sites for hydroxylation is 1. The van der Waals surface area contributed by atoms with Gasteiger partial charge in [-0.05, 0) is 43.0 Å². The zero-order chi connectivity index (χ0) is 19.6. The van der Waals surface area contributed by atoms with Crippen LogP contribution in [0.2, 0.25) is 0 Å². The summed E-state index contributed by atoms with van der Waals surface area (Å²) in [6.07, 6.45) is 0.627. The highest BCUT2D eigenvalue weighted by atomic mass is 32.2. The molecule has 1 aliphatic rings. The van der Waals surface area contributed by atoms with Crippen LogP contribution in [0.4, 0.5) is 11.4 Å². The van der Waals surface area contributed by atoms with E-state index in [0.717, 1.165) is 11.1 Å². The molecular weight excluding hydrogens is 360 g/mol. The smallest absolute Gasteiger partial charge is 0.235 e. The lowest BCUT2D eigenvalue weighted by molar-refractivity contribution is -0.118. The molecule has 3 rings (SSSR count). The summed E-state index contributed by atoms with van der Waals surface area (Å²) in [6.45, 7) is 6.55. The predicted octanol–water partition coefficient (Wildman–Crippen LogP) is 3.91. The van der Waals surface area contributed by atoms with E-state index in [1.54, 1.807) is 24.3 Å². The number of anilines is 2. The summed E-state index contributed by atoms with van der Waals surface area (Å²) in [6, 6.07) is 15.1. The molecule has 1 saturated heterocycles. The van der Waals surface area contributed by atoms with Crippen molar-refractivity contribution >= 4 is 27.3 Å². The van der Waals surface area contributed by atoms with E-state index in [4.69, 9.17) is 0 Å². The highest BCUT2D eigenvalue weighted by Gasteiger charge is 2.29. The van der Waals surface area contributed by atoms with Gasteiger partial charge >= 0.3 is 0 Å². The first-order valence-corrected chi connectivity index (χ1v) is 10.9. The van der Waals surface area contributed by atoms with Gasteiger partial charge in [0.05, 0.1) is 17.4 Å². The van der Waals surface area contributed by atoms with E-state index < -0.39 is 10.0 Å². The summed E-state index contributed by atoms with van der Waals surface area (Å²) in [5.41, 5.74) is 3.34. The van der Waals surface area contributed by atoms with Crippen molar-refractivity contribution in [1.29, 1.82) is 0 Å². The van der Waals surface area contributed by atoms with E-state index in [9.17, 15) is 13.2 Å². The Hall–Kier alpha value is -2.34. The number of benzene rings is 2. The molecular formula is C21H26N2O3S. The molecule has 1 atom stereocenters. The fourth-order valence-corrected chi connectivity index (χ4v) is 5.06. The highest BCUT2D eigenvalue weighted by Crippen LogP contribution is 2.29. The number of nitrogens with one attached hydrogen (secondary N) is 1. The predicted molar refractivity (Wildman–Crippen MR) is 110 cm³/mol. The Bertz CT molecular complexity index is 921. The molecule has 0 radical (unpaired) electrons. The molecule has 1 amide bonds. The maximum absolute atomic E-state index is 13.0. The normalized spacial score (nSPS) is 17.1. The van der Waals surface area contributed by atoms with Crippen LogP contribution in [0.15, 0.2) is 48.5 Å². The Balaban J connectivity index is 1.82. The molecule has 1 unspecified atom stereocenters. The zero-order valence-electron chi connectivity index (χ0n) is 16.0. The minimum Gasteiger partial charge on any atom is -0.325 e. The number of hydrogen-bond acceptors (Lipinski definition) is 3. The third kappa shape index (κ3) is 4.33. The van der Waals surface area contributed by atoms with Gasteiger partial charge in [0, 0.05) is 12.2 Å². The van der Waals surface area contributed by atoms with Gasteiger partial charge in [0.1, 0.15) is 0 Å². The number of amides is 1. The van der Waals surface area contributed by atoms with Gasteiger partial charge in [0.2, 0.25) is 15.9 Å². The fourth-order valence-electron chi connectivity index (χ4n) is 3.50. The van der Waals surface area contributed by atoms with Crippen molar-refractivity contribution in [3.05, 3.63) is 59.7 Å². The van der Waals surface area contributed by atoms with Crippen LogP contribution in [0.3, 0.4) is 0 Å². The van der Waals surface area contributed by atoms with Gasteiger partial charge in [0.15, 0.2) is 0 Å². The average molecular weight is 387 g/mol. The van der Waals surface area contributed by atoms with Gasteiger partial charge in [-0.25, -0.2) is 8.42 Å². The molecule has 5 nitrogen and oxygen atoms in total. The second-order valence-corrected chi connectivity index (χ2v) is 9.43. The monoisotopic (exact) mass is 386 g/mol. The molecule has 6 heteroatoms. The zero-order valence-corrected chi connectivity index (χ0v) is 16.8. The molecule has 1 aliphatic heterocycles. The highest BCUT2D eigenvalue weighted by molar-refractivity contribution is 7.93. The van der Waals surface area contributed by atoms with Crippen molar-refractivity contribution in [3.63, 3.8) is 0 Å². The lowest BCUT2D eigenvalue weighted by atomic mass is 9.87. The van der Waals surface area contributed by atoms with Crippen LogP contribution in [-0.2, 0) is 14.8 Å². The van der Waals surface area contributed by atoms with Crippen LogP contribution in [0.1, 0.15) is 37.3 Å². The second-order valence-electron chi connectivity index (χ2n) is 7.41. The molecule has 0 saturated carbocycles. The van der Waals surface area contributed by atoms with Crippen LogP contribution >= 0.6 is 0 Å². The molecule has 1 N–H and O–H groups in total. The van der Waals surface area contributed by atoms with Crippen LogP contribution in [0.5, 0.6) is 0 Å². The number of carbonyl (C=O) groups excluding carboxylic acids is 1. The molecule has 144 valence electrons. The van der Waals surface area contributed by atoms with Crippen molar-refractivity contribution in [2.45, 2.75) is 33.1 Å². The van der Waals surface area contributed by atoms with Crippen molar-refractivity contribution in [2.24, 2.45) is 5.92 Å². The van der Waals surface area contributed by atoms with Gasteiger partial charge in [-0.1, -0.05) is 49.7 Å². The summed E-state index contributed by atoms with van der Waals surface area (Å²) in [7, 11) is -3.24. The number of rotatable bonds is 5. The first-order valence-electron chi connectivity index (χ1n) is 9.26. The summed E-state index contributed by atoms with van der Waals surface area (Å²) >= 11 is 0. The maximum Gasteiger partial charge on any atom is 0.235 e. The van der Waals surface area contributed by atoms with Crippen molar-refractivity contribution < 1.29 is 13.2 Å². The summed E-state index contributed by atoms with van der Waals surface area (Å²) in [5, 5.41) is 2.97. The number of sulfonamides is 1. The largest absolute Gasteiger partial charge is 0.325 e. The van der Waals surface area contributed by atoms with E-state index in [2.05, 4.69) is 5.32 Å². The Morgan fingerprint density at radius 1 is 1.11 bits per heavy atom. The van der Waals surface area contributed by atoms with Crippen LogP contribution in [0, 0.1) is 12.8 Å². The fraction of sp³-hybridized carbons (Fsp3) is 0.381. The van der Waals surface area contributed by atoms with Crippen LogP contribution in [-0.4, -0.2) is 26.6 Å². The molecule has 2 aromatic carbocycles. The van der Waals surface area contributed by atoms with Gasteiger partial charge in [-0.2, -0.15) is 0 Å². The molecule has 0 aliphatic carbocycles. The Morgan fingerprint density at radius 3 is 2.41 bits per heavy atom. The van der Waals surface area contributed by atoms with E-state index in [-0.39, 0.29) is 23.5 Å². The Labute approximate surface area is 161 Å². The molecule has 0 aromatic heterocycles. The summed E-state index contributed by atoms with van der Waals surface area (Å²) in [5.74, 6) is -0.0539. The lowest BCUT2D eigenvalue weighted by Crippen LogP contribution is -2.26. The topological polar surface area (TPSA) is 66.5 Å². The quantitative estimate of drug-likeness (QED) is 0.847. The summed E-state index contributed by atoms with van der Waals surface area (Å²) < 4.78 is 25.7. The maximum atomic E-state index is 13.0. The molecule has 1 heterocycles. The minimum atomic E-state index is -3.24. The van der Waals surface area contributed by atoms with Crippen LogP contribution < -0.4 is 9.62 Å². The van der Waals surface area contributed by atoms with Gasteiger partial charge in [-0.3, -0.25) is 9.10 Å². The van der Waals surface area contributed by atoms with Gasteiger partial charge < -0.3 is 5.32 Å². The SMILES string of the molecule is Cc1ccc(C(C(=O)Nc2cccc(N3CCCS3(=O)=O)c2)C(C)C)cc1. The number of carbonyl (C=O) groups is 1. The van der Waals surface area contributed by atoms with E-state index in [0.29, 0.717) is 24.3 Å². The Kier molecular flexibility index (Phi) is 5.56. The number of hydrogen-bond donors (Lipinski definition) is 1. The van der Waals surface area contributed by atoms with Gasteiger partial charge in [-0.15, -0.1) is 0 Å². The van der Waals surface area contributed by atoms with Gasteiger partial charge in [0.25, 0.3) is 0 Å². The first-order chi connectivity index (χ1) is 12.8. The van der Waals surface area contributed by atoms with E-state index >= 15 is 0 Å². The van der Waals surface area contributed by atoms with E-state index in [1.165, 1.54) is 4.31 Å². The molecule has 2 aromatic rings. The molecule has 27 heavy (non-hydrogen) atoms. The van der Waals surface area contributed by atoms with Crippen molar-refractivity contribution in [1.82, 2.24) is 0 Å². The Morgan fingerprint density at radius 2 is 1.81 bits per heavy atom. The lowest BCUT2D eigenvalue weighted by Gasteiger charge is -2.22. The van der Waals surface area contributed by atoms with Crippen LogP contribution in [0.25, 0.3) is 0 Å². The molecule has 0 bridgehead atoms. The van der Waals surface area contributed by atoms with E-state index in [1.807, 2.05) is 45.0 Å². The average Bonchev–Trinajstić information content (AvgIpc) is 2.96.